The van der Waals surface area contributed by atoms with Crippen molar-refractivity contribution < 1.29 is 33.8 Å². The second kappa shape index (κ2) is 19.0. The Kier molecular flexibility index (Phi) is 14.2. The predicted molar refractivity (Wildman–Crippen MR) is 198 cm³/mol. The molecule has 270 valence electrons. The summed E-state index contributed by atoms with van der Waals surface area (Å²) < 4.78 is 12.9. The third kappa shape index (κ3) is 10.7. The number of aryl methyl sites for hydroxylation is 1. The van der Waals surface area contributed by atoms with Crippen molar-refractivity contribution in [1.82, 2.24) is 20.5 Å². The summed E-state index contributed by atoms with van der Waals surface area (Å²) in [6.45, 7) is 3.96. The molecule has 0 aliphatic heterocycles. The van der Waals surface area contributed by atoms with Crippen molar-refractivity contribution in [3.8, 4) is 11.5 Å². The van der Waals surface area contributed by atoms with Crippen molar-refractivity contribution >= 4 is 40.7 Å². The number of carboxylic acids is 1. The molecule has 2 atom stereocenters. The van der Waals surface area contributed by atoms with E-state index in [-0.39, 0.29) is 18.0 Å². The third-order valence-corrected chi connectivity index (χ3v) is 8.60. The number of aromatic nitrogens is 1. The summed E-state index contributed by atoms with van der Waals surface area (Å²) in [5.41, 5.74) is 3.31. The molecule has 0 spiro atoms. The van der Waals surface area contributed by atoms with E-state index in [4.69, 9.17) is 9.47 Å². The minimum atomic E-state index is -1.10. The molecule has 4 aromatic rings. The number of benzene rings is 3. The van der Waals surface area contributed by atoms with Crippen LogP contribution in [-0.2, 0) is 20.9 Å². The molecule has 3 amide bonds. The van der Waals surface area contributed by atoms with E-state index < -0.39 is 36.4 Å². The second-order valence-electron chi connectivity index (χ2n) is 12.4. The van der Waals surface area contributed by atoms with Gasteiger partial charge in [0.2, 0.25) is 11.8 Å². The Balaban J connectivity index is 1.55. The summed E-state index contributed by atoms with van der Waals surface area (Å²) in [6, 6.07) is 20.6. The quantitative estimate of drug-likeness (QED) is 0.0675. The molecule has 1 aromatic heterocycles. The molecule has 11 heteroatoms. The van der Waals surface area contributed by atoms with Crippen molar-refractivity contribution in [2.75, 3.05) is 20.8 Å². The molecule has 0 aliphatic rings. The number of methoxy groups -OCH3 is 2. The van der Waals surface area contributed by atoms with Gasteiger partial charge in [-0.1, -0.05) is 68.3 Å². The third-order valence-electron chi connectivity index (χ3n) is 8.60. The van der Waals surface area contributed by atoms with E-state index in [1.54, 1.807) is 44.6 Å². The van der Waals surface area contributed by atoms with Gasteiger partial charge in [-0.15, -0.1) is 0 Å². The van der Waals surface area contributed by atoms with E-state index in [1.807, 2.05) is 55.5 Å². The first-order chi connectivity index (χ1) is 24.6. The molecule has 4 N–H and O–H groups in total. The number of carbonyl (C=O) groups excluding carboxylic acids is 3. The molecule has 0 radical (unpaired) electrons. The number of para-hydroxylation sites is 1. The standard InChI is InChI=1S/C40H48N4O7/c1-5-6-17-30(38-34(50-3)23-27(2)24-35(38)51-4)42-39(48)31(18-12-13-22-41-36(45)21-20-28-14-8-7-9-15-28)43-40(49)33-25-29-16-10-11-19-32(29)44(33)26-37(46)47/h7-11,14-16,19-21,23-25,30-31H,5-6,12-13,17-18,22,26H2,1-4H3,(H,41,45)(H,42,48)(H,43,49)(H,46,47). The second-order valence-corrected chi connectivity index (χ2v) is 12.4. The molecule has 2 unspecified atom stereocenters. The lowest BCUT2D eigenvalue weighted by molar-refractivity contribution is -0.137. The van der Waals surface area contributed by atoms with E-state index >= 15 is 0 Å². The average molecular weight is 697 g/mol. The number of aliphatic carboxylic acids is 1. The highest BCUT2D eigenvalue weighted by Crippen LogP contribution is 2.38. The summed E-state index contributed by atoms with van der Waals surface area (Å²) in [4.78, 5) is 52.2. The van der Waals surface area contributed by atoms with Gasteiger partial charge in [-0.2, -0.15) is 0 Å². The Morgan fingerprint density at radius 1 is 0.863 bits per heavy atom. The van der Waals surface area contributed by atoms with Crippen LogP contribution in [0.1, 0.15) is 78.7 Å². The zero-order chi connectivity index (χ0) is 36.8. The van der Waals surface area contributed by atoms with Crippen molar-refractivity contribution in [1.29, 1.82) is 0 Å². The fourth-order valence-electron chi connectivity index (χ4n) is 6.07. The van der Waals surface area contributed by atoms with Crippen molar-refractivity contribution in [2.24, 2.45) is 0 Å². The summed E-state index contributed by atoms with van der Waals surface area (Å²) in [5, 5.41) is 19.3. The number of unbranched alkanes of at least 4 members (excludes halogenated alkanes) is 2. The van der Waals surface area contributed by atoms with Gasteiger partial charge in [0, 0.05) is 23.5 Å². The molecule has 11 nitrogen and oxygen atoms in total. The monoisotopic (exact) mass is 696 g/mol. The van der Waals surface area contributed by atoms with Gasteiger partial charge in [-0.05, 0) is 74.1 Å². The number of nitrogens with one attached hydrogen (secondary N) is 3. The molecule has 0 bridgehead atoms. The van der Waals surface area contributed by atoms with E-state index in [0.717, 1.165) is 24.0 Å². The van der Waals surface area contributed by atoms with Gasteiger partial charge in [-0.3, -0.25) is 19.2 Å². The van der Waals surface area contributed by atoms with Crippen LogP contribution in [-0.4, -0.2) is 60.2 Å². The lowest BCUT2D eigenvalue weighted by Crippen LogP contribution is -2.48. The normalized spacial score (nSPS) is 12.3. The SMILES string of the molecule is CCCCC(NC(=O)C(CCCCNC(=O)C=Cc1ccccc1)NC(=O)c1cc2ccccc2n1CC(=O)O)c1c(OC)cc(C)cc1OC. The zero-order valence-corrected chi connectivity index (χ0v) is 29.7. The van der Waals surface area contributed by atoms with Crippen LogP contribution >= 0.6 is 0 Å². The number of carbonyl (C=O) groups is 4. The molecule has 0 saturated carbocycles. The van der Waals surface area contributed by atoms with Gasteiger partial charge < -0.3 is 35.1 Å². The number of ether oxygens (including phenoxy) is 2. The number of hydrogen-bond donors (Lipinski definition) is 4. The number of fused-ring (bicyclic) bond motifs is 1. The Hall–Kier alpha value is -5.58. The van der Waals surface area contributed by atoms with Crippen LogP contribution in [0, 0.1) is 6.92 Å². The van der Waals surface area contributed by atoms with Crippen molar-refractivity contribution in [3.63, 3.8) is 0 Å². The molecule has 3 aromatic carbocycles. The Bertz CT molecular complexity index is 1810. The Morgan fingerprint density at radius 3 is 2.22 bits per heavy atom. The van der Waals surface area contributed by atoms with E-state index in [9.17, 15) is 24.3 Å². The van der Waals surface area contributed by atoms with E-state index in [2.05, 4.69) is 22.9 Å². The summed E-state index contributed by atoms with van der Waals surface area (Å²) in [7, 11) is 3.15. The fraction of sp³-hybridized carbons (Fsp3) is 0.350. The number of carboxylic acid groups (broad SMARTS) is 1. The minimum absolute atomic E-state index is 0.137. The van der Waals surface area contributed by atoms with Crippen LogP contribution in [0.4, 0.5) is 0 Å². The maximum absolute atomic E-state index is 14.2. The molecular formula is C40H48N4O7. The highest BCUT2D eigenvalue weighted by Gasteiger charge is 2.29. The molecule has 0 fully saturated rings. The van der Waals surface area contributed by atoms with Crippen LogP contribution in [0.15, 0.2) is 78.9 Å². The topological polar surface area (TPSA) is 148 Å². The fourth-order valence-corrected chi connectivity index (χ4v) is 6.07. The van der Waals surface area contributed by atoms with Gasteiger partial charge in [0.15, 0.2) is 0 Å². The van der Waals surface area contributed by atoms with E-state index in [1.165, 1.54) is 10.6 Å². The molecule has 1 heterocycles. The van der Waals surface area contributed by atoms with Crippen LogP contribution < -0.4 is 25.4 Å². The first-order valence-electron chi connectivity index (χ1n) is 17.3. The highest BCUT2D eigenvalue weighted by molar-refractivity contribution is 6.01. The van der Waals surface area contributed by atoms with Gasteiger partial charge >= 0.3 is 5.97 Å². The van der Waals surface area contributed by atoms with Crippen molar-refractivity contribution in [3.05, 3.63) is 101 Å². The highest BCUT2D eigenvalue weighted by atomic mass is 16.5. The largest absolute Gasteiger partial charge is 0.496 e. The lowest BCUT2D eigenvalue weighted by atomic mass is 9.96. The lowest BCUT2D eigenvalue weighted by Gasteiger charge is -2.27. The molecular weight excluding hydrogens is 648 g/mol. The number of rotatable bonds is 19. The molecule has 0 saturated heterocycles. The number of amides is 3. The minimum Gasteiger partial charge on any atom is -0.496 e. The summed E-state index contributed by atoms with van der Waals surface area (Å²) >= 11 is 0. The van der Waals surface area contributed by atoms with Crippen molar-refractivity contribution in [2.45, 2.75) is 71.0 Å². The number of hydrogen-bond acceptors (Lipinski definition) is 6. The Labute approximate surface area is 299 Å². The summed E-state index contributed by atoms with van der Waals surface area (Å²) in [6.07, 6.45) is 6.87. The van der Waals surface area contributed by atoms with Gasteiger partial charge in [0.05, 0.1) is 25.8 Å². The van der Waals surface area contributed by atoms with E-state index in [0.29, 0.717) is 53.8 Å². The van der Waals surface area contributed by atoms with Gasteiger partial charge in [0.25, 0.3) is 5.91 Å². The van der Waals surface area contributed by atoms with Gasteiger partial charge in [0.1, 0.15) is 29.8 Å². The van der Waals surface area contributed by atoms with Crippen LogP contribution in [0.5, 0.6) is 11.5 Å². The maximum atomic E-state index is 14.2. The van der Waals surface area contributed by atoms with Crippen LogP contribution in [0.3, 0.4) is 0 Å². The average Bonchev–Trinajstić information content (AvgIpc) is 3.49. The van der Waals surface area contributed by atoms with Crippen LogP contribution in [0.25, 0.3) is 17.0 Å². The number of nitrogens with zero attached hydrogens (tertiary/aromatic N) is 1. The molecule has 51 heavy (non-hydrogen) atoms. The predicted octanol–water partition coefficient (Wildman–Crippen LogP) is 6.20. The first-order valence-corrected chi connectivity index (χ1v) is 17.3. The van der Waals surface area contributed by atoms with Crippen LogP contribution in [0.2, 0.25) is 0 Å². The van der Waals surface area contributed by atoms with Gasteiger partial charge in [-0.25, -0.2) is 0 Å². The molecule has 4 rings (SSSR count). The maximum Gasteiger partial charge on any atom is 0.323 e. The first kappa shape index (κ1) is 38.2. The zero-order valence-electron chi connectivity index (χ0n) is 29.7. The smallest absolute Gasteiger partial charge is 0.323 e. The summed E-state index contributed by atoms with van der Waals surface area (Å²) in [5.74, 6) is -1.12. The Morgan fingerprint density at radius 2 is 1.55 bits per heavy atom. The molecule has 0 aliphatic carbocycles.